The van der Waals surface area contributed by atoms with E-state index in [0.29, 0.717) is 41.0 Å². The largest absolute Gasteiger partial charge is 0.508 e. The van der Waals surface area contributed by atoms with Gasteiger partial charge in [0.05, 0.1) is 12.3 Å². The molecule has 7 nitrogen and oxygen atoms in total. The summed E-state index contributed by atoms with van der Waals surface area (Å²) in [5, 5.41) is 26.7. The number of nitrogens with one attached hydrogen (secondary N) is 2. The molecular formula is C24H24FN5O2. The van der Waals surface area contributed by atoms with Gasteiger partial charge in [-0.3, -0.25) is 10.00 Å². The van der Waals surface area contributed by atoms with Crippen molar-refractivity contribution in [3.8, 4) is 28.4 Å². The summed E-state index contributed by atoms with van der Waals surface area (Å²) in [5.74, 6) is 0.353. The van der Waals surface area contributed by atoms with Crippen LogP contribution in [-0.2, 0) is 6.42 Å². The van der Waals surface area contributed by atoms with E-state index in [0.717, 1.165) is 35.5 Å². The number of H-pyrrole nitrogens is 2. The zero-order chi connectivity index (χ0) is 22.2. The summed E-state index contributed by atoms with van der Waals surface area (Å²) in [6.45, 7) is 4.25. The monoisotopic (exact) mass is 433 g/mol. The molecule has 164 valence electrons. The van der Waals surface area contributed by atoms with E-state index in [4.69, 9.17) is 5.11 Å². The molecule has 2 aromatic carbocycles. The van der Waals surface area contributed by atoms with Crippen LogP contribution in [0.4, 0.5) is 4.39 Å². The molecule has 0 spiro atoms. The number of aliphatic hydroxyl groups excluding tert-OH is 1. The minimum absolute atomic E-state index is 0.129. The first-order chi connectivity index (χ1) is 15.6. The predicted octanol–water partition coefficient (Wildman–Crippen LogP) is 3.72. The van der Waals surface area contributed by atoms with Crippen LogP contribution >= 0.6 is 0 Å². The van der Waals surface area contributed by atoms with Crippen molar-refractivity contribution in [2.45, 2.75) is 13.3 Å². The number of phenols is 1. The Bertz CT molecular complexity index is 1320. The highest BCUT2D eigenvalue weighted by molar-refractivity contribution is 5.95. The maximum atomic E-state index is 15.5. The van der Waals surface area contributed by atoms with Crippen molar-refractivity contribution < 1.29 is 14.6 Å². The number of β-amino-alcohol motifs (C(OH)–C–C–N with tert-alkyl or cyclic N) is 1. The Morgan fingerprint density at radius 3 is 2.84 bits per heavy atom. The van der Waals surface area contributed by atoms with Gasteiger partial charge in [-0.25, -0.2) is 9.37 Å². The zero-order valence-electron chi connectivity index (χ0n) is 17.7. The lowest BCUT2D eigenvalue weighted by Gasteiger charge is -2.12. The second-order valence-corrected chi connectivity index (χ2v) is 7.94. The molecule has 0 saturated carbocycles. The molecule has 1 aliphatic heterocycles. The van der Waals surface area contributed by atoms with Gasteiger partial charge in [-0.2, -0.15) is 5.10 Å². The summed E-state index contributed by atoms with van der Waals surface area (Å²) in [7, 11) is 0. The SMILES string of the molecule is CCc1cc(O)ccc1-c1ccc2c(-c3nc(C4=CCN(CCO)C4)c[nH]3)n[nH]c2c1F. The molecular weight excluding hydrogens is 409 g/mol. The van der Waals surface area contributed by atoms with Gasteiger partial charge in [0.15, 0.2) is 11.6 Å². The summed E-state index contributed by atoms with van der Waals surface area (Å²) >= 11 is 0. The fraction of sp³-hybridized carbons (Fsp3) is 0.250. The standard InChI is InChI=1S/C24H24FN5O2/c1-2-14-11-16(32)3-4-17(14)18-5-6-19-22(21(18)25)28-29-23(19)24-26-12-20(27-24)15-7-8-30(13-15)9-10-31/h3-7,11-12,31-32H,2,8-10,13H2,1H3,(H,26,27)(H,28,29). The summed E-state index contributed by atoms with van der Waals surface area (Å²) in [6.07, 6.45) is 4.61. The molecule has 3 heterocycles. The summed E-state index contributed by atoms with van der Waals surface area (Å²) < 4.78 is 15.5. The number of imidazole rings is 1. The molecule has 32 heavy (non-hydrogen) atoms. The van der Waals surface area contributed by atoms with Crippen molar-refractivity contribution in [1.82, 2.24) is 25.1 Å². The van der Waals surface area contributed by atoms with Crippen LogP contribution in [0.1, 0.15) is 18.2 Å². The number of fused-ring (bicyclic) bond motifs is 1. The van der Waals surface area contributed by atoms with Crippen LogP contribution < -0.4 is 0 Å². The second kappa shape index (κ2) is 8.22. The molecule has 0 radical (unpaired) electrons. The van der Waals surface area contributed by atoms with E-state index in [1.54, 1.807) is 24.3 Å². The molecule has 8 heteroatoms. The Morgan fingerprint density at radius 2 is 2.03 bits per heavy atom. The van der Waals surface area contributed by atoms with Crippen molar-refractivity contribution in [3.63, 3.8) is 0 Å². The van der Waals surface area contributed by atoms with Gasteiger partial charge in [-0.15, -0.1) is 0 Å². The van der Waals surface area contributed by atoms with Crippen LogP contribution in [0.15, 0.2) is 42.6 Å². The Labute approximate surface area is 184 Å². The van der Waals surface area contributed by atoms with E-state index >= 15 is 4.39 Å². The molecule has 5 rings (SSSR count). The topological polar surface area (TPSA) is 101 Å². The van der Waals surface area contributed by atoms with Crippen LogP contribution in [0.25, 0.3) is 39.1 Å². The van der Waals surface area contributed by atoms with Crippen LogP contribution in [-0.4, -0.2) is 61.5 Å². The first-order valence-electron chi connectivity index (χ1n) is 10.7. The third kappa shape index (κ3) is 3.47. The zero-order valence-corrected chi connectivity index (χ0v) is 17.7. The van der Waals surface area contributed by atoms with Crippen molar-refractivity contribution in [2.24, 2.45) is 0 Å². The number of aromatic nitrogens is 4. The molecule has 0 saturated heterocycles. The Kier molecular flexibility index (Phi) is 5.24. The number of hydrogen-bond acceptors (Lipinski definition) is 5. The Morgan fingerprint density at radius 1 is 1.19 bits per heavy atom. The first-order valence-corrected chi connectivity index (χ1v) is 10.7. The molecule has 0 fully saturated rings. The maximum Gasteiger partial charge on any atom is 0.159 e. The molecule has 0 amide bonds. The van der Waals surface area contributed by atoms with Gasteiger partial charge in [0.25, 0.3) is 0 Å². The van der Waals surface area contributed by atoms with Gasteiger partial charge in [-0.1, -0.05) is 25.1 Å². The summed E-state index contributed by atoms with van der Waals surface area (Å²) in [5.41, 5.74) is 4.88. The van der Waals surface area contributed by atoms with Gasteiger partial charge < -0.3 is 15.2 Å². The quantitative estimate of drug-likeness (QED) is 0.371. The summed E-state index contributed by atoms with van der Waals surface area (Å²) in [6, 6.07) is 8.57. The number of nitrogens with zero attached hydrogens (tertiary/aromatic N) is 3. The average Bonchev–Trinajstić information content (AvgIpc) is 3.53. The highest BCUT2D eigenvalue weighted by atomic mass is 19.1. The van der Waals surface area contributed by atoms with E-state index < -0.39 is 0 Å². The van der Waals surface area contributed by atoms with E-state index in [-0.39, 0.29) is 18.2 Å². The number of benzene rings is 2. The molecule has 1 aliphatic rings. The minimum atomic E-state index is -0.383. The molecule has 4 N–H and O–H groups in total. The molecule has 0 aliphatic carbocycles. The van der Waals surface area contributed by atoms with Crippen molar-refractivity contribution in [3.05, 3.63) is 59.7 Å². The number of aromatic hydroxyl groups is 1. The van der Waals surface area contributed by atoms with Gasteiger partial charge in [-0.05, 0) is 41.3 Å². The Hall–Kier alpha value is -3.49. The van der Waals surface area contributed by atoms with E-state index in [1.165, 1.54) is 0 Å². The molecule has 4 aromatic rings. The van der Waals surface area contributed by atoms with Crippen LogP contribution in [0.2, 0.25) is 0 Å². The maximum absolute atomic E-state index is 15.5. The van der Waals surface area contributed by atoms with Gasteiger partial charge in [0.2, 0.25) is 0 Å². The number of hydrogen-bond donors (Lipinski definition) is 4. The number of rotatable bonds is 6. The molecule has 2 aromatic heterocycles. The lowest BCUT2D eigenvalue weighted by molar-refractivity contribution is 0.227. The number of halogens is 1. The van der Waals surface area contributed by atoms with Crippen molar-refractivity contribution in [2.75, 3.05) is 26.2 Å². The molecule has 0 atom stereocenters. The van der Waals surface area contributed by atoms with E-state index in [1.807, 2.05) is 19.2 Å². The number of aliphatic hydroxyl groups is 1. The lowest BCUT2D eigenvalue weighted by Crippen LogP contribution is -2.24. The van der Waals surface area contributed by atoms with E-state index in [9.17, 15) is 5.11 Å². The number of aromatic amines is 2. The van der Waals surface area contributed by atoms with Gasteiger partial charge >= 0.3 is 0 Å². The minimum Gasteiger partial charge on any atom is -0.508 e. The fourth-order valence-corrected chi connectivity index (χ4v) is 4.29. The van der Waals surface area contributed by atoms with Crippen LogP contribution in [0.5, 0.6) is 5.75 Å². The highest BCUT2D eigenvalue weighted by Gasteiger charge is 2.21. The predicted molar refractivity (Wildman–Crippen MR) is 122 cm³/mol. The van der Waals surface area contributed by atoms with E-state index in [2.05, 4.69) is 31.1 Å². The third-order valence-corrected chi connectivity index (χ3v) is 5.97. The smallest absolute Gasteiger partial charge is 0.159 e. The fourth-order valence-electron chi connectivity index (χ4n) is 4.29. The average molecular weight is 433 g/mol. The summed E-state index contributed by atoms with van der Waals surface area (Å²) in [4.78, 5) is 9.98. The molecule has 0 unspecified atom stereocenters. The van der Waals surface area contributed by atoms with Crippen LogP contribution in [0, 0.1) is 5.82 Å². The normalized spacial score (nSPS) is 14.4. The van der Waals surface area contributed by atoms with Crippen molar-refractivity contribution in [1.29, 1.82) is 0 Å². The Balaban J connectivity index is 1.49. The van der Waals surface area contributed by atoms with Gasteiger partial charge in [0.1, 0.15) is 17.0 Å². The van der Waals surface area contributed by atoms with Crippen LogP contribution in [0.3, 0.4) is 0 Å². The third-order valence-electron chi connectivity index (χ3n) is 5.97. The van der Waals surface area contributed by atoms with Gasteiger partial charge in [0, 0.05) is 36.8 Å². The lowest BCUT2D eigenvalue weighted by atomic mass is 9.96. The van der Waals surface area contributed by atoms with Crippen molar-refractivity contribution >= 4 is 16.5 Å². The number of phenolic OH excluding ortho intramolecular Hbond substituents is 1. The molecule has 0 bridgehead atoms. The first kappa shape index (κ1) is 20.4. The highest BCUT2D eigenvalue weighted by Crippen LogP contribution is 2.35. The number of aryl methyl sites for hydroxylation is 1. The second-order valence-electron chi connectivity index (χ2n) is 7.94.